The fourth-order valence-electron chi connectivity index (χ4n) is 6.32. The van der Waals surface area contributed by atoms with Gasteiger partial charge in [-0.15, -0.1) is 0 Å². The summed E-state index contributed by atoms with van der Waals surface area (Å²) in [6.07, 6.45) is 3.89. The third kappa shape index (κ3) is 7.50. The molecule has 3 aromatic rings. The van der Waals surface area contributed by atoms with E-state index in [1.165, 1.54) is 6.26 Å². The molecule has 250 valence electrons. The first-order valence-electron chi connectivity index (χ1n) is 16.0. The van der Waals surface area contributed by atoms with Crippen LogP contribution in [0.15, 0.2) is 90.7 Å². The number of carbonyl (C=O) groups is 3. The molecular formula is C37H38N2O9. The number of esters is 1. The topological polar surface area (TPSA) is 153 Å². The van der Waals surface area contributed by atoms with Crippen LogP contribution in [0.2, 0.25) is 0 Å². The molecule has 1 saturated heterocycles. The molecule has 2 amide bonds. The van der Waals surface area contributed by atoms with E-state index in [0.717, 1.165) is 11.1 Å². The molecule has 3 aliphatic rings. The zero-order chi connectivity index (χ0) is 33.5. The van der Waals surface area contributed by atoms with Crippen molar-refractivity contribution in [3.05, 3.63) is 124 Å². The van der Waals surface area contributed by atoms with Gasteiger partial charge in [-0.2, -0.15) is 0 Å². The first-order valence-corrected chi connectivity index (χ1v) is 16.0. The minimum absolute atomic E-state index is 0.104. The number of hydrogen-bond donors (Lipinski definition) is 4. The number of carbonyl (C=O) groups excluding carboxylic acids is 3. The second kappa shape index (κ2) is 15.0. The summed E-state index contributed by atoms with van der Waals surface area (Å²) >= 11 is 0. The summed E-state index contributed by atoms with van der Waals surface area (Å²) < 4.78 is 24.5. The van der Waals surface area contributed by atoms with E-state index in [9.17, 15) is 14.4 Å². The van der Waals surface area contributed by atoms with Gasteiger partial charge in [-0.25, -0.2) is 4.79 Å². The summed E-state index contributed by atoms with van der Waals surface area (Å²) in [7, 11) is 0. The Labute approximate surface area is 278 Å². The maximum atomic E-state index is 13.6. The van der Waals surface area contributed by atoms with Gasteiger partial charge >= 0.3 is 5.97 Å². The van der Waals surface area contributed by atoms with Crippen molar-refractivity contribution in [3.63, 3.8) is 0 Å². The Bertz CT molecular complexity index is 1690. The highest BCUT2D eigenvalue weighted by Crippen LogP contribution is 2.45. The van der Waals surface area contributed by atoms with Crippen LogP contribution in [0, 0.1) is 0 Å². The van der Waals surface area contributed by atoms with Gasteiger partial charge in [-0.3, -0.25) is 9.59 Å². The summed E-state index contributed by atoms with van der Waals surface area (Å²) in [5, 5.41) is 23.5. The Balaban J connectivity index is 1.20. The molecule has 3 aromatic carbocycles. The van der Waals surface area contributed by atoms with Crippen molar-refractivity contribution in [2.24, 2.45) is 0 Å². The SMILES string of the molecule is O=C(NCc1cccc(C(=O)NCCO)c1)C1=CC2OC3(Cc4ccccc4C3)OC2C(OC(=O)c2ccccc2C=COCCO)C1. The Kier molecular flexibility index (Phi) is 10.3. The highest BCUT2D eigenvalue weighted by Gasteiger charge is 2.55. The van der Waals surface area contributed by atoms with Gasteiger partial charge in [0.25, 0.3) is 5.91 Å². The minimum atomic E-state index is -0.937. The van der Waals surface area contributed by atoms with Crippen molar-refractivity contribution >= 4 is 23.9 Å². The summed E-state index contributed by atoms with van der Waals surface area (Å²) in [5.41, 5.74) is 4.66. The lowest BCUT2D eigenvalue weighted by molar-refractivity contribution is -0.172. The zero-order valence-corrected chi connectivity index (χ0v) is 26.3. The number of benzene rings is 3. The average molecular weight is 655 g/mol. The zero-order valence-electron chi connectivity index (χ0n) is 26.3. The molecule has 11 nitrogen and oxygen atoms in total. The fourth-order valence-corrected chi connectivity index (χ4v) is 6.32. The van der Waals surface area contributed by atoms with E-state index in [0.29, 0.717) is 40.7 Å². The Morgan fingerprint density at radius 3 is 2.44 bits per heavy atom. The highest BCUT2D eigenvalue weighted by atomic mass is 16.8. The summed E-state index contributed by atoms with van der Waals surface area (Å²) in [4.78, 5) is 39.6. The van der Waals surface area contributed by atoms with Gasteiger partial charge in [0.2, 0.25) is 5.91 Å². The molecule has 6 rings (SSSR count). The summed E-state index contributed by atoms with van der Waals surface area (Å²) in [5.74, 6) is -2.20. The third-order valence-electron chi connectivity index (χ3n) is 8.54. The van der Waals surface area contributed by atoms with Crippen molar-refractivity contribution in [1.82, 2.24) is 10.6 Å². The lowest BCUT2D eigenvalue weighted by Gasteiger charge is -2.30. The lowest BCUT2D eigenvalue weighted by Crippen LogP contribution is -2.43. The van der Waals surface area contributed by atoms with Crippen molar-refractivity contribution in [2.45, 2.75) is 49.9 Å². The van der Waals surface area contributed by atoms with Gasteiger partial charge in [0.1, 0.15) is 24.9 Å². The molecule has 1 heterocycles. The molecule has 0 radical (unpaired) electrons. The molecular weight excluding hydrogens is 616 g/mol. The first kappa shape index (κ1) is 33.1. The molecule has 2 aliphatic carbocycles. The molecule has 11 heteroatoms. The normalized spacial score (nSPS) is 20.5. The van der Waals surface area contributed by atoms with Crippen LogP contribution in [0.3, 0.4) is 0 Å². The number of aliphatic hydroxyl groups excluding tert-OH is 2. The van der Waals surface area contributed by atoms with Gasteiger partial charge in [-0.05, 0) is 52.6 Å². The highest BCUT2D eigenvalue weighted by molar-refractivity contribution is 5.96. The van der Waals surface area contributed by atoms with Crippen molar-refractivity contribution < 1.29 is 43.5 Å². The number of hydrogen-bond acceptors (Lipinski definition) is 9. The Morgan fingerprint density at radius 2 is 1.67 bits per heavy atom. The van der Waals surface area contributed by atoms with Crippen molar-refractivity contribution in [3.8, 4) is 0 Å². The second-order valence-electron chi connectivity index (χ2n) is 11.9. The number of rotatable bonds is 12. The molecule has 3 unspecified atom stereocenters. The largest absolute Gasteiger partial charge is 0.499 e. The fraction of sp³-hybridized carbons (Fsp3) is 0.324. The van der Waals surface area contributed by atoms with E-state index in [1.807, 2.05) is 24.3 Å². The number of ether oxygens (including phenoxy) is 4. The number of fused-ring (bicyclic) bond motifs is 2. The molecule has 1 fully saturated rings. The van der Waals surface area contributed by atoms with Crippen LogP contribution in [0.4, 0.5) is 0 Å². The van der Waals surface area contributed by atoms with Gasteiger partial charge in [0, 0.05) is 43.5 Å². The van der Waals surface area contributed by atoms with Crippen LogP contribution in [0.1, 0.15) is 49.4 Å². The maximum Gasteiger partial charge on any atom is 0.339 e. The third-order valence-corrected chi connectivity index (χ3v) is 8.54. The molecule has 4 N–H and O–H groups in total. The van der Waals surface area contributed by atoms with Gasteiger partial charge < -0.3 is 39.8 Å². The quantitative estimate of drug-likeness (QED) is 0.131. The molecule has 0 bridgehead atoms. The van der Waals surface area contributed by atoms with Crippen LogP contribution in [0.25, 0.3) is 6.08 Å². The standard InChI is InChI=1S/C37H38N2O9/c40-14-13-38-34(42)26-10-5-6-24(18-26)23-39-35(43)29-19-31(46-36(44)30-11-4-3-7-25(30)12-16-45-17-15-41)33-32(20-29)47-37(48-33)21-27-8-1-2-9-28(27)22-37/h1-12,16,18,20,31-33,40-41H,13-15,17,19,21-23H2,(H,38,42)(H,39,43). The predicted octanol–water partition coefficient (Wildman–Crippen LogP) is 2.84. The van der Waals surface area contributed by atoms with Gasteiger partial charge in [0.15, 0.2) is 5.79 Å². The van der Waals surface area contributed by atoms with E-state index >= 15 is 0 Å². The Morgan fingerprint density at radius 1 is 0.896 bits per heavy atom. The monoisotopic (exact) mass is 654 g/mol. The molecule has 0 saturated carbocycles. The lowest BCUT2D eigenvalue weighted by atomic mass is 9.91. The van der Waals surface area contributed by atoms with E-state index in [1.54, 1.807) is 60.7 Å². The molecule has 1 aliphatic heterocycles. The van der Waals surface area contributed by atoms with Crippen LogP contribution < -0.4 is 10.6 Å². The summed E-state index contributed by atoms with van der Waals surface area (Å²) in [6, 6.07) is 21.8. The van der Waals surface area contributed by atoms with Gasteiger partial charge in [0.05, 0.1) is 25.0 Å². The number of nitrogens with one attached hydrogen (secondary N) is 2. The van der Waals surface area contributed by atoms with Crippen molar-refractivity contribution in [2.75, 3.05) is 26.4 Å². The predicted molar refractivity (Wildman–Crippen MR) is 174 cm³/mol. The van der Waals surface area contributed by atoms with Crippen molar-refractivity contribution in [1.29, 1.82) is 0 Å². The Hall–Kier alpha value is -4.81. The summed E-state index contributed by atoms with van der Waals surface area (Å²) in [6.45, 7) is 0.124. The van der Waals surface area contributed by atoms with Crippen LogP contribution in [0.5, 0.6) is 0 Å². The van der Waals surface area contributed by atoms with E-state index < -0.39 is 30.1 Å². The smallest absolute Gasteiger partial charge is 0.339 e. The van der Waals surface area contributed by atoms with Crippen LogP contribution in [-0.2, 0) is 43.1 Å². The maximum absolute atomic E-state index is 13.6. The minimum Gasteiger partial charge on any atom is -0.499 e. The van der Waals surface area contributed by atoms with Gasteiger partial charge in [-0.1, -0.05) is 54.6 Å². The van der Waals surface area contributed by atoms with Crippen LogP contribution in [-0.4, -0.2) is 78.5 Å². The average Bonchev–Trinajstić information content (AvgIpc) is 3.66. The number of amides is 2. The molecule has 0 aromatic heterocycles. The molecule has 3 atom stereocenters. The second-order valence-corrected chi connectivity index (χ2v) is 11.9. The molecule has 48 heavy (non-hydrogen) atoms. The number of aliphatic hydroxyl groups is 2. The first-order chi connectivity index (χ1) is 23.4. The molecule has 1 spiro atoms. The van der Waals surface area contributed by atoms with Crippen LogP contribution >= 0.6 is 0 Å². The van der Waals surface area contributed by atoms with E-state index in [-0.39, 0.29) is 51.1 Å². The van der Waals surface area contributed by atoms with E-state index in [4.69, 9.17) is 29.2 Å². The van der Waals surface area contributed by atoms with E-state index in [2.05, 4.69) is 10.6 Å².